The van der Waals surface area contributed by atoms with Crippen LogP contribution >= 0.6 is 0 Å². The zero-order chi connectivity index (χ0) is 23.5. The molecule has 0 unspecified atom stereocenters. The van der Waals surface area contributed by atoms with Gasteiger partial charge >= 0.3 is 0 Å². The van der Waals surface area contributed by atoms with Crippen molar-refractivity contribution in [3.05, 3.63) is 84.2 Å². The van der Waals surface area contributed by atoms with Crippen LogP contribution in [0, 0.1) is 5.82 Å². The van der Waals surface area contributed by atoms with Crippen LogP contribution in [-0.4, -0.2) is 38.4 Å². The lowest BCUT2D eigenvalue weighted by molar-refractivity contribution is -0.123. The van der Waals surface area contributed by atoms with Gasteiger partial charge in [-0.3, -0.25) is 9.59 Å². The van der Waals surface area contributed by atoms with E-state index in [9.17, 15) is 14.0 Å². The van der Waals surface area contributed by atoms with E-state index in [1.54, 1.807) is 55.6 Å². The average Bonchev–Trinajstić information content (AvgIpc) is 2.84. The second kappa shape index (κ2) is 11.8. The molecule has 0 saturated heterocycles. The summed E-state index contributed by atoms with van der Waals surface area (Å²) in [6, 6.07) is 19.1. The molecular formula is C24H22FN3O5. The van der Waals surface area contributed by atoms with Gasteiger partial charge in [-0.1, -0.05) is 0 Å². The number of halogens is 1. The zero-order valence-electron chi connectivity index (χ0n) is 17.8. The molecule has 3 aromatic carbocycles. The van der Waals surface area contributed by atoms with Crippen molar-refractivity contribution in [1.82, 2.24) is 5.43 Å². The molecule has 0 atom stereocenters. The molecule has 170 valence electrons. The van der Waals surface area contributed by atoms with Gasteiger partial charge in [0.25, 0.3) is 11.8 Å². The first-order chi connectivity index (χ1) is 16.0. The van der Waals surface area contributed by atoms with Gasteiger partial charge in [0.1, 0.15) is 23.1 Å². The van der Waals surface area contributed by atoms with E-state index < -0.39 is 5.91 Å². The summed E-state index contributed by atoms with van der Waals surface area (Å²) in [4.78, 5) is 23.7. The summed E-state index contributed by atoms with van der Waals surface area (Å²) in [5, 5.41) is 6.49. The van der Waals surface area contributed by atoms with Crippen LogP contribution in [0.4, 0.5) is 10.1 Å². The summed E-state index contributed by atoms with van der Waals surface area (Å²) < 4.78 is 28.7. The first kappa shape index (κ1) is 23.3. The SMILES string of the molecule is COc1ccc(OCC(=O)N/N=C\c2ccc(OCC(=O)Nc3ccc(F)cc3)cc2)cc1. The molecule has 0 spiro atoms. The molecule has 0 aliphatic carbocycles. The van der Waals surface area contributed by atoms with Crippen molar-refractivity contribution in [3.8, 4) is 17.2 Å². The fourth-order valence-corrected chi connectivity index (χ4v) is 2.56. The van der Waals surface area contributed by atoms with Gasteiger partial charge in [0.2, 0.25) is 0 Å². The quantitative estimate of drug-likeness (QED) is 0.364. The molecular weight excluding hydrogens is 429 g/mol. The van der Waals surface area contributed by atoms with Crippen LogP contribution in [-0.2, 0) is 9.59 Å². The topological polar surface area (TPSA) is 98.2 Å². The molecule has 2 N–H and O–H groups in total. The van der Waals surface area contributed by atoms with Gasteiger partial charge < -0.3 is 19.5 Å². The van der Waals surface area contributed by atoms with Crippen LogP contribution < -0.4 is 25.0 Å². The average molecular weight is 451 g/mol. The van der Waals surface area contributed by atoms with Crippen LogP contribution in [0.1, 0.15) is 5.56 Å². The lowest BCUT2D eigenvalue weighted by Crippen LogP contribution is -2.24. The highest BCUT2D eigenvalue weighted by molar-refractivity contribution is 5.91. The fourth-order valence-electron chi connectivity index (χ4n) is 2.56. The maximum Gasteiger partial charge on any atom is 0.277 e. The second-order valence-electron chi connectivity index (χ2n) is 6.67. The Kier molecular flexibility index (Phi) is 8.35. The molecule has 3 aromatic rings. The molecule has 0 fully saturated rings. The zero-order valence-corrected chi connectivity index (χ0v) is 17.8. The Morgan fingerprint density at radius 2 is 1.36 bits per heavy atom. The summed E-state index contributed by atoms with van der Waals surface area (Å²) in [6.45, 7) is -0.383. The summed E-state index contributed by atoms with van der Waals surface area (Å²) in [7, 11) is 1.57. The third kappa shape index (κ3) is 7.98. The van der Waals surface area contributed by atoms with Gasteiger partial charge in [-0.25, -0.2) is 9.82 Å². The third-order valence-corrected chi connectivity index (χ3v) is 4.21. The monoisotopic (exact) mass is 451 g/mol. The number of hydrogen-bond acceptors (Lipinski definition) is 6. The van der Waals surface area contributed by atoms with Crippen molar-refractivity contribution in [1.29, 1.82) is 0 Å². The maximum absolute atomic E-state index is 12.9. The number of benzene rings is 3. The number of hydrazone groups is 1. The van der Waals surface area contributed by atoms with E-state index in [0.717, 1.165) is 5.56 Å². The van der Waals surface area contributed by atoms with Crippen molar-refractivity contribution in [2.24, 2.45) is 5.10 Å². The Morgan fingerprint density at radius 3 is 1.97 bits per heavy atom. The Morgan fingerprint density at radius 1 is 0.818 bits per heavy atom. The van der Waals surface area contributed by atoms with Crippen LogP contribution in [0.2, 0.25) is 0 Å². The molecule has 0 bridgehead atoms. The van der Waals surface area contributed by atoms with Crippen molar-refractivity contribution in [3.63, 3.8) is 0 Å². The minimum absolute atomic E-state index is 0.184. The van der Waals surface area contributed by atoms with Crippen molar-refractivity contribution < 1.29 is 28.2 Å². The first-order valence-corrected chi connectivity index (χ1v) is 9.89. The molecule has 0 heterocycles. The number of rotatable bonds is 10. The van der Waals surface area contributed by atoms with Crippen molar-refractivity contribution in [2.75, 3.05) is 25.6 Å². The molecule has 0 aliphatic heterocycles. The Bertz CT molecular complexity index is 1080. The Balaban J connectivity index is 1.37. The molecule has 33 heavy (non-hydrogen) atoms. The number of amides is 2. The molecule has 0 radical (unpaired) electrons. The Hall–Kier alpha value is -4.40. The predicted molar refractivity (Wildman–Crippen MR) is 121 cm³/mol. The Labute approximate surface area is 190 Å². The number of anilines is 1. The molecule has 0 saturated carbocycles. The molecule has 3 rings (SSSR count). The predicted octanol–water partition coefficient (Wildman–Crippen LogP) is 3.38. The number of nitrogens with zero attached hydrogens (tertiary/aromatic N) is 1. The van der Waals surface area contributed by atoms with E-state index in [2.05, 4.69) is 15.8 Å². The lowest BCUT2D eigenvalue weighted by Gasteiger charge is -2.08. The van der Waals surface area contributed by atoms with E-state index in [1.807, 2.05) is 0 Å². The number of carbonyl (C=O) groups is 2. The number of carbonyl (C=O) groups excluding carboxylic acids is 2. The van der Waals surface area contributed by atoms with Gasteiger partial charge in [-0.15, -0.1) is 0 Å². The summed E-state index contributed by atoms with van der Waals surface area (Å²) in [6.07, 6.45) is 1.47. The molecule has 0 aliphatic rings. The highest BCUT2D eigenvalue weighted by Crippen LogP contribution is 2.16. The number of ether oxygens (including phenoxy) is 3. The van der Waals surface area contributed by atoms with E-state index >= 15 is 0 Å². The van der Waals surface area contributed by atoms with Crippen molar-refractivity contribution >= 4 is 23.7 Å². The number of nitrogens with one attached hydrogen (secondary N) is 2. The molecule has 2 amide bonds. The van der Waals surface area contributed by atoms with Crippen LogP contribution in [0.5, 0.6) is 17.2 Å². The van der Waals surface area contributed by atoms with E-state index in [0.29, 0.717) is 22.9 Å². The smallest absolute Gasteiger partial charge is 0.277 e. The van der Waals surface area contributed by atoms with Crippen LogP contribution in [0.25, 0.3) is 0 Å². The molecule has 0 aromatic heterocycles. The summed E-state index contributed by atoms with van der Waals surface area (Å²) in [5.41, 5.74) is 3.58. The fraction of sp³-hybridized carbons (Fsp3) is 0.125. The van der Waals surface area contributed by atoms with Gasteiger partial charge in [0, 0.05) is 5.69 Å². The lowest BCUT2D eigenvalue weighted by atomic mass is 10.2. The largest absolute Gasteiger partial charge is 0.497 e. The minimum Gasteiger partial charge on any atom is -0.497 e. The summed E-state index contributed by atoms with van der Waals surface area (Å²) >= 11 is 0. The highest BCUT2D eigenvalue weighted by atomic mass is 19.1. The van der Waals surface area contributed by atoms with Crippen LogP contribution in [0.3, 0.4) is 0 Å². The second-order valence-corrected chi connectivity index (χ2v) is 6.67. The van der Waals surface area contributed by atoms with E-state index in [1.165, 1.54) is 30.5 Å². The summed E-state index contributed by atoms with van der Waals surface area (Å²) in [5.74, 6) is 0.562. The van der Waals surface area contributed by atoms with E-state index in [-0.39, 0.29) is 24.9 Å². The van der Waals surface area contributed by atoms with Gasteiger partial charge in [0.05, 0.1) is 13.3 Å². The number of hydrogen-bond donors (Lipinski definition) is 2. The van der Waals surface area contributed by atoms with Gasteiger partial charge in [0.15, 0.2) is 13.2 Å². The first-order valence-electron chi connectivity index (χ1n) is 9.89. The molecule has 9 heteroatoms. The van der Waals surface area contributed by atoms with E-state index in [4.69, 9.17) is 14.2 Å². The molecule has 8 nitrogen and oxygen atoms in total. The van der Waals surface area contributed by atoms with Gasteiger partial charge in [-0.05, 0) is 78.4 Å². The van der Waals surface area contributed by atoms with Crippen LogP contribution in [0.15, 0.2) is 77.9 Å². The maximum atomic E-state index is 12.9. The van der Waals surface area contributed by atoms with Gasteiger partial charge in [-0.2, -0.15) is 5.10 Å². The minimum atomic E-state index is -0.408. The normalized spacial score (nSPS) is 10.5. The highest BCUT2D eigenvalue weighted by Gasteiger charge is 2.05. The third-order valence-electron chi connectivity index (χ3n) is 4.21. The standard InChI is InChI=1S/C24H22FN3O5/c1-31-20-10-12-22(13-11-20)33-16-24(30)28-26-14-17-2-8-21(9-3-17)32-15-23(29)27-19-6-4-18(25)5-7-19/h2-14H,15-16H2,1H3,(H,27,29)(H,28,30)/b26-14-. The van der Waals surface area contributed by atoms with Crippen molar-refractivity contribution in [2.45, 2.75) is 0 Å². The number of methoxy groups -OCH3 is 1.